The van der Waals surface area contributed by atoms with Crippen LogP contribution in [0.15, 0.2) is 18.2 Å². The van der Waals surface area contributed by atoms with Gasteiger partial charge in [-0.2, -0.15) is 0 Å². The lowest BCUT2D eigenvalue weighted by Gasteiger charge is -2.22. The Morgan fingerprint density at radius 3 is 2.71 bits per heavy atom. The summed E-state index contributed by atoms with van der Waals surface area (Å²) in [6.45, 7) is 4.40. The molecule has 1 saturated carbocycles. The highest BCUT2D eigenvalue weighted by Crippen LogP contribution is 2.26. The molecule has 1 aromatic rings. The van der Waals surface area contributed by atoms with Crippen LogP contribution in [0.25, 0.3) is 0 Å². The lowest BCUT2D eigenvalue weighted by atomic mass is 9.87. The van der Waals surface area contributed by atoms with E-state index in [1.165, 1.54) is 55.2 Å². The van der Waals surface area contributed by atoms with Gasteiger partial charge in [-0.3, -0.25) is 0 Å². The summed E-state index contributed by atoms with van der Waals surface area (Å²) in [5.74, 6) is 0.693. The predicted octanol–water partition coefficient (Wildman–Crippen LogP) is 3.75. The maximum atomic E-state index is 6.31. The number of benzene rings is 1. The Morgan fingerprint density at radius 2 is 1.88 bits per heavy atom. The van der Waals surface area contributed by atoms with Crippen LogP contribution in [0.1, 0.15) is 48.8 Å². The Hall–Kier alpha value is -0.820. The van der Waals surface area contributed by atoms with E-state index in [0.717, 1.165) is 0 Å². The molecule has 1 aliphatic carbocycles. The molecule has 0 aliphatic heterocycles. The molecule has 0 amide bonds. The first-order chi connectivity index (χ1) is 8.16. The first kappa shape index (κ1) is 12.6. The summed E-state index contributed by atoms with van der Waals surface area (Å²) in [4.78, 5) is 0. The van der Waals surface area contributed by atoms with Gasteiger partial charge in [0.25, 0.3) is 0 Å². The lowest BCUT2D eigenvalue weighted by Crippen LogP contribution is -2.30. The van der Waals surface area contributed by atoms with E-state index in [9.17, 15) is 0 Å². The molecule has 2 unspecified atom stereocenters. The Balaban J connectivity index is 2.10. The molecule has 0 bridgehead atoms. The highest BCUT2D eigenvalue weighted by atomic mass is 14.6. The average Bonchev–Trinajstić information content (AvgIpc) is 2.50. The third-order valence-corrected chi connectivity index (χ3v) is 4.20. The van der Waals surface area contributed by atoms with Crippen LogP contribution in [0.4, 0.5) is 0 Å². The molecular weight excluding hydrogens is 206 g/mol. The highest BCUT2D eigenvalue weighted by Gasteiger charge is 2.21. The molecule has 1 aliphatic rings. The summed E-state index contributed by atoms with van der Waals surface area (Å²) >= 11 is 0. The van der Waals surface area contributed by atoms with E-state index in [1.54, 1.807) is 0 Å². The van der Waals surface area contributed by atoms with E-state index in [2.05, 4.69) is 32.0 Å². The third kappa shape index (κ3) is 3.32. The van der Waals surface area contributed by atoms with E-state index >= 15 is 0 Å². The third-order valence-electron chi connectivity index (χ3n) is 4.20. The monoisotopic (exact) mass is 231 g/mol. The number of rotatable bonds is 2. The van der Waals surface area contributed by atoms with Crippen molar-refractivity contribution in [2.75, 3.05) is 0 Å². The van der Waals surface area contributed by atoms with E-state index in [-0.39, 0.29) is 0 Å². The van der Waals surface area contributed by atoms with Gasteiger partial charge >= 0.3 is 0 Å². The van der Waals surface area contributed by atoms with Crippen LogP contribution >= 0.6 is 0 Å². The fourth-order valence-corrected chi connectivity index (χ4v) is 2.97. The van der Waals surface area contributed by atoms with Crippen molar-refractivity contribution in [3.8, 4) is 0 Å². The molecule has 2 rings (SSSR count). The molecule has 17 heavy (non-hydrogen) atoms. The minimum atomic E-state index is 0.414. The molecule has 2 atom stereocenters. The van der Waals surface area contributed by atoms with Gasteiger partial charge in [0.1, 0.15) is 0 Å². The van der Waals surface area contributed by atoms with Gasteiger partial charge in [0, 0.05) is 6.04 Å². The predicted molar refractivity (Wildman–Crippen MR) is 74.2 cm³/mol. The Morgan fingerprint density at radius 1 is 1.12 bits per heavy atom. The summed E-state index contributed by atoms with van der Waals surface area (Å²) in [5.41, 5.74) is 10.6. The summed E-state index contributed by atoms with van der Waals surface area (Å²) in [5, 5.41) is 0. The van der Waals surface area contributed by atoms with Crippen molar-refractivity contribution in [2.24, 2.45) is 11.7 Å². The topological polar surface area (TPSA) is 26.0 Å². The van der Waals surface area contributed by atoms with Gasteiger partial charge in [0.15, 0.2) is 0 Å². The molecular formula is C16H25N. The van der Waals surface area contributed by atoms with Crippen LogP contribution in [-0.4, -0.2) is 6.04 Å². The van der Waals surface area contributed by atoms with Gasteiger partial charge in [-0.1, -0.05) is 43.0 Å². The Kier molecular flexibility index (Phi) is 4.22. The minimum absolute atomic E-state index is 0.414. The van der Waals surface area contributed by atoms with E-state index in [0.29, 0.717) is 12.0 Å². The van der Waals surface area contributed by atoms with Crippen molar-refractivity contribution in [1.82, 2.24) is 0 Å². The zero-order valence-electron chi connectivity index (χ0n) is 11.2. The zero-order chi connectivity index (χ0) is 12.3. The molecule has 0 saturated heterocycles. The fourth-order valence-electron chi connectivity index (χ4n) is 2.97. The Labute approximate surface area is 105 Å². The van der Waals surface area contributed by atoms with Crippen LogP contribution in [0, 0.1) is 19.8 Å². The van der Waals surface area contributed by atoms with Crippen molar-refractivity contribution in [3.63, 3.8) is 0 Å². The summed E-state index contributed by atoms with van der Waals surface area (Å²) in [6.07, 6.45) is 7.77. The number of nitrogens with two attached hydrogens (primary N) is 1. The van der Waals surface area contributed by atoms with Gasteiger partial charge in [0.05, 0.1) is 0 Å². The normalized spacial score (nSPS) is 25.6. The van der Waals surface area contributed by atoms with E-state index < -0.39 is 0 Å². The summed E-state index contributed by atoms with van der Waals surface area (Å²) in [6, 6.07) is 7.20. The number of hydrogen-bond donors (Lipinski definition) is 1. The fraction of sp³-hybridized carbons (Fsp3) is 0.625. The largest absolute Gasteiger partial charge is 0.327 e. The molecule has 1 nitrogen and oxygen atoms in total. The molecule has 0 aromatic heterocycles. The smallest absolute Gasteiger partial charge is 0.00703 e. The van der Waals surface area contributed by atoms with Gasteiger partial charge in [-0.15, -0.1) is 0 Å². The molecule has 1 heteroatoms. The number of aryl methyl sites for hydroxylation is 2. The first-order valence-corrected chi connectivity index (χ1v) is 6.98. The zero-order valence-corrected chi connectivity index (χ0v) is 11.2. The van der Waals surface area contributed by atoms with Gasteiger partial charge in [-0.25, -0.2) is 0 Å². The van der Waals surface area contributed by atoms with Crippen LogP contribution in [0.2, 0.25) is 0 Å². The van der Waals surface area contributed by atoms with Crippen molar-refractivity contribution in [3.05, 3.63) is 34.9 Å². The van der Waals surface area contributed by atoms with Crippen LogP contribution in [0.3, 0.4) is 0 Å². The maximum absolute atomic E-state index is 6.31. The molecule has 0 spiro atoms. The molecule has 94 valence electrons. The van der Waals surface area contributed by atoms with Crippen molar-refractivity contribution >= 4 is 0 Å². The molecule has 1 aromatic carbocycles. The second kappa shape index (κ2) is 5.68. The minimum Gasteiger partial charge on any atom is -0.327 e. The molecule has 0 radical (unpaired) electrons. The van der Waals surface area contributed by atoms with E-state index in [1.807, 2.05) is 0 Å². The van der Waals surface area contributed by atoms with E-state index in [4.69, 9.17) is 5.73 Å². The summed E-state index contributed by atoms with van der Waals surface area (Å²) < 4.78 is 0. The second-order valence-electron chi connectivity index (χ2n) is 5.70. The first-order valence-electron chi connectivity index (χ1n) is 6.98. The molecule has 0 heterocycles. The molecule has 1 fully saturated rings. The maximum Gasteiger partial charge on any atom is 0.00703 e. The van der Waals surface area contributed by atoms with Crippen molar-refractivity contribution in [2.45, 2.75) is 58.4 Å². The quantitative estimate of drug-likeness (QED) is 0.771. The molecule has 2 N–H and O–H groups in total. The average molecular weight is 231 g/mol. The van der Waals surface area contributed by atoms with Gasteiger partial charge in [0.2, 0.25) is 0 Å². The van der Waals surface area contributed by atoms with Gasteiger partial charge in [-0.05, 0) is 50.2 Å². The van der Waals surface area contributed by atoms with Crippen molar-refractivity contribution in [1.29, 1.82) is 0 Å². The second-order valence-corrected chi connectivity index (χ2v) is 5.70. The van der Waals surface area contributed by atoms with Crippen molar-refractivity contribution < 1.29 is 0 Å². The standard InChI is InChI=1S/C16H25N/c1-12-8-9-13(2)15(10-12)11-14-6-4-3-5-7-16(14)17/h8-10,14,16H,3-7,11,17H2,1-2H3. The highest BCUT2D eigenvalue weighted by molar-refractivity contribution is 5.30. The Bertz CT molecular complexity index is 370. The number of hydrogen-bond acceptors (Lipinski definition) is 1. The summed E-state index contributed by atoms with van der Waals surface area (Å²) in [7, 11) is 0. The SMILES string of the molecule is Cc1ccc(C)c(CC2CCCCCC2N)c1. The van der Waals surface area contributed by atoms with Crippen LogP contribution < -0.4 is 5.73 Å². The van der Waals surface area contributed by atoms with Gasteiger partial charge < -0.3 is 5.73 Å². The lowest BCUT2D eigenvalue weighted by molar-refractivity contribution is 0.395. The van der Waals surface area contributed by atoms with Crippen LogP contribution in [0.5, 0.6) is 0 Å². The van der Waals surface area contributed by atoms with Crippen LogP contribution in [-0.2, 0) is 6.42 Å².